The second kappa shape index (κ2) is 10.4. The lowest BCUT2D eigenvalue weighted by atomic mass is 10.1. The summed E-state index contributed by atoms with van der Waals surface area (Å²) in [6, 6.07) is 19.6. The topological polar surface area (TPSA) is 104 Å². The number of carbonyl (C=O) groups is 2. The minimum absolute atomic E-state index is 0.127. The highest BCUT2D eigenvalue weighted by atomic mass is 32.2. The molecule has 0 spiro atoms. The molecule has 0 aliphatic carbocycles. The van der Waals surface area contributed by atoms with Gasteiger partial charge in [-0.3, -0.25) is 9.59 Å². The van der Waals surface area contributed by atoms with E-state index in [1.54, 1.807) is 49.4 Å². The van der Waals surface area contributed by atoms with Crippen LogP contribution < -0.4 is 15.4 Å². The van der Waals surface area contributed by atoms with Crippen LogP contribution in [0.2, 0.25) is 0 Å². The summed E-state index contributed by atoms with van der Waals surface area (Å²) in [5.74, 6) is -0.641. The zero-order valence-electron chi connectivity index (χ0n) is 18.8. The minimum Gasteiger partial charge on any atom is -0.322 e. The molecule has 0 saturated heterocycles. The van der Waals surface area contributed by atoms with Crippen LogP contribution in [0.5, 0.6) is 0 Å². The second-order valence-electron chi connectivity index (χ2n) is 7.76. The van der Waals surface area contributed by atoms with E-state index in [9.17, 15) is 18.0 Å². The molecule has 0 bridgehead atoms. The molecule has 0 heterocycles. The predicted molar refractivity (Wildman–Crippen MR) is 130 cm³/mol. The number of rotatable bonds is 8. The number of benzene rings is 3. The Hall–Kier alpha value is -3.49. The van der Waals surface area contributed by atoms with E-state index < -0.39 is 10.0 Å². The van der Waals surface area contributed by atoms with Crippen LogP contribution in [0, 0.1) is 6.92 Å². The van der Waals surface area contributed by atoms with Crippen molar-refractivity contribution in [2.75, 3.05) is 10.6 Å². The molecule has 2 amide bonds. The summed E-state index contributed by atoms with van der Waals surface area (Å²) >= 11 is 0. The molecule has 3 aromatic carbocycles. The summed E-state index contributed by atoms with van der Waals surface area (Å²) in [6.45, 7) is 5.54. The normalized spacial score (nSPS) is 12.1. The zero-order valence-corrected chi connectivity index (χ0v) is 19.6. The maximum Gasteiger partial charge on any atom is 0.255 e. The molecule has 3 N–H and O–H groups in total. The molecular weight excluding hydrogens is 438 g/mol. The molecule has 0 aromatic heterocycles. The van der Waals surface area contributed by atoms with Crippen molar-refractivity contribution in [1.29, 1.82) is 0 Å². The van der Waals surface area contributed by atoms with Crippen molar-refractivity contribution in [3.05, 3.63) is 89.5 Å². The van der Waals surface area contributed by atoms with E-state index in [4.69, 9.17) is 0 Å². The van der Waals surface area contributed by atoms with Crippen molar-refractivity contribution < 1.29 is 18.0 Å². The molecular formula is C25H27N3O4S. The maximum absolute atomic E-state index is 12.7. The molecule has 3 rings (SSSR count). The Kier molecular flexibility index (Phi) is 7.63. The van der Waals surface area contributed by atoms with Gasteiger partial charge >= 0.3 is 0 Å². The van der Waals surface area contributed by atoms with E-state index in [0.717, 1.165) is 5.56 Å². The van der Waals surface area contributed by atoms with Crippen molar-refractivity contribution in [2.45, 2.75) is 38.1 Å². The zero-order chi connectivity index (χ0) is 24.0. The molecule has 7 nitrogen and oxygen atoms in total. The molecule has 8 heteroatoms. The lowest BCUT2D eigenvalue weighted by Gasteiger charge is -2.13. The largest absolute Gasteiger partial charge is 0.322 e. The first kappa shape index (κ1) is 24.2. The van der Waals surface area contributed by atoms with E-state index in [1.165, 1.54) is 24.3 Å². The summed E-state index contributed by atoms with van der Waals surface area (Å²) in [5, 5.41) is 5.59. The first-order valence-corrected chi connectivity index (χ1v) is 12.1. The van der Waals surface area contributed by atoms with E-state index in [1.807, 2.05) is 19.9 Å². The second-order valence-corrected chi connectivity index (χ2v) is 9.47. The number of anilines is 2. The highest BCUT2D eigenvalue weighted by molar-refractivity contribution is 7.89. The molecule has 0 aliphatic rings. The quantitative estimate of drug-likeness (QED) is 0.453. The fraction of sp³-hybridized carbons (Fsp3) is 0.200. The van der Waals surface area contributed by atoms with E-state index in [2.05, 4.69) is 15.4 Å². The van der Waals surface area contributed by atoms with Crippen molar-refractivity contribution >= 4 is 33.2 Å². The van der Waals surface area contributed by atoms with Crippen molar-refractivity contribution in [2.24, 2.45) is 0 Å². The van der Waals surface area contributed by atoms with E-state index in [0.29, 0.717) is 28.9 Å². The third-order valence-electron chi connectivity index (χ3n) is 5.18. The summed E-state index contributed by atoms with van der Waals surface area (Å²) in [6.07, 6.45) is 0.678. The van der Waals surface area contributed by atoms with Gasteiger partial charge in [-0.1, -0.05) is 31.2 Å². The van der Waals surface area contributed by atoms with Gasteiger partial charge in [-0.25, -0.2) is 13.1 Å². The molecule has 33 heavy (non-hydrogen) atoms. The molecule has 1 atom stereocenters. The first-order valence-electron chi connectivity index (χ1n) is 10.6. The smallest absolute Gasteiger partial charge is 0.255 e. The van der Waals surface area contributed by atoms with Crippen LogP contribution in [-0.2, 0) is 10.0 Å². The first-order chi connectivity index (χ1) is 15.7. The van der Waals surface area contributed by atoms with Crippen molar-refractivity contribution in [3.8, 4) is 0 Å². The Balaban J connectivity index is 1.71. The number of carbonyl (C=O) groups excluding carboxylic acids is 2. The van der Waals surface area contributed by atoms with Crippen LogP contribution in [-0.4, -0.2) is 26.3 Å². The van der Waals surface area contributed by atoms with Gasteiger partial charge in [0.15, 0.2) is 0 Å². The van der Waals surface area contributed by atoms with Crippen LogP contribution in [0.25, 0.3) is 0 Å². The number of amides is 2. The molecule has 1 unspecified atom stereocenters. The Labute approximate surface area is 194 Å². The van der Waals surface area contributed by atoms with E-state index in [-0.39, 0.29) is 22.8 Å². The molecule has 3 aromatic rings. The van der Waals surface area contributed by atoms with Gasteiger partial charge in [-0.05, 0) is 74.4 Å². The average molecular weight is 466 g/mol. The third-order valence-corrected chi connectivity index (χ3v) is 6.78. The maximum atomic E-state index is 12.7. The Morgan fingerprint density at radius 3 is 2.12 bits per heavy atom. The number of nitrogens with one attached hydrogen (secondary N) is 3. The fourth-order valence-electron chi connectivity index (χ4n) is 3.02. The van der Waals surface area contributed by atoms with Gasteiger partial charge < -0.3 is 10.6 Å². The summed E-state index contributed by atoms with van der Waals surface area (Å²) < 4.78 is 27.4. The standard InChI is InChI=1S/C25H27N3O4S/c1-4-18(3)28-33(31,32)22-14-12-21(13-15-22)26-25(30)20-11-10-17(2)23(16-20)27-24(29)19-8-6-5-7-9-19/h5-16,18,28H,4H2,1-3H3,(H,26,30)(H,27,29). The Bertz CT molecular complexity index is 1240. The SMILES string of the molecule is CCC(C)NS(=O)(=O)c1ccc(NC(=O)c2ccc(C)c(NC(=O)c3ccccc3)c2)cc1. The van der Waals surface area contributed by atoms with Gasteiger partial charge in [0.05, 0.1) is 4.90 Å². The Morgan fingerprint density at radius 1 is 0.848 bits per heavy atom. The van der Waals surface area contributed by atoms with Gasteiger partial charge in [-0.15, -0.1) is 0 Å². The number of aryl methyl sites for hydroxylation is 1. The summed E-state index contributed by atoms with van der Waals surface area (Å²) in [7, 11) is -3.62. The van der Waals surface area contributed by atoms with E-state index >= 15 is 0 Å². The highest BCUT2D eigenvalue weighted by Crippen LogP contribution is 2.20. The number of hydrogen-bond donors (Lipinski definition) is 3. The Morgan fingerprint density at radius 2 is 1.48 bits per heavy atom. The van der Waals surface area contributed by atoms with Gasteiger partial charge in [-0.2, -0.15) is 0 Å². The van der Waals surface area contributed by atoms with Gasteiger partial charge in [0, 0.05) is 28.5 Å². The van der Waals surface area contributed by atoms with Crippen LogP contribution >= 0.6 is 0 Å². The lowest BCUT2D eigenvalue weighted by molar-refractivity contribution is 0.101. The van der Waals surface area contributed by atoms with Gasteiger partial charge in [0.25, 0.3) is 11.8 Å². The van der Waals surface area contributed by atoms with Crippen molar-refractivity contribution in [1.82, 2.24) is 4.72 Å². The van der Waals surface area contributed by atoms with Gasteiger partial charge in [0.2, 0.25) is 10.0 Å². The minimum atomic E-state index is -3.62. The average Bonchev–Trinajstić information content (AvgIpc) is 2.81. The third kappa shape index (κ3) is 6.27. The fourth-order valence-corrected chi connectivity index (χ4v) is 4.35. The molecule has 0 aliphatic heterocycles. The molecule has 0 saturated carbocycles. The van der Waals surface area contributed by atoms with Crippen LogP contribution in [0.1, 0.15) is 46.5 Å². The van der Waals surface area contributed by atoms with Crippen LogP contribution in [0.3, 0.4) is 0 Å². The molecule has 0 fully saturated rings. The molecule has 0 radical (unpaired) electrons. The molecule has 172 valence electrons. The summed E-state index contributed by atoms with van der Waals surface area (Å²) in [5.41, 5.74) is 2.69. The van der Waals surface area contributed by atoms with Crippen LogP contribution in [0.4, 0.5) is 11.4 Å². The summed E-state index contributed by atoms with van der Waals surface area (Å²) in [4.78, 5) is 25.3. The predicted octanol–water partition coefficient (Wildman–Crippen LogP) is 4.58. The van der Waals surface area contributed by atoms with Gasteiger partial charge in [0.1, 0.15) is 0 Å². The monoisotopic (exact) mass is 465 g/mol. The number of hydrogen-bond acceptors (Lipinski definition) is 4. The van der Waals surface area contributed by atoms with Crippen molar-refractivity contribution in [3.63, 3.8) is 0 Å². The lowest BCUT2D eigenvalue weighted by Crippen LogP contribution is -2.31. The van der Waals surface area contributed by atoms with Crippen LogP contribution in [0.15, 0.2) is 77.7 Å². The number of sulfonamides is 1. The highest BCUT2D eigenvalue weighted by Gasteiger charge is 2.17.